The van der Waals surface area contributed by atoms with Crippen molar-refractivity contribution < 1.29 is 73.9 Å². The largest absolute Gasteiger partial charge is 1.00 e. The predicted molar refractivity (Wildman–Crippen MR) is 59.7 cm³/mol. The van der Waals surface area contributed by atoms with E-state index >= 15 is 0 Å². The molecule has 0 saturated carbocycles. The molecule has 8 heteroatoms. The second-order valence-electron chi connectivity index (χ2n) is 5.36. The van der Waals surface area contributed by atoms with E-state index in [9.17, 15) is 17.7 Å². The molecule has 1 aliphatic heterocycles. The van der Waals surface area contributed by atoms with Crippen LogP contribution in [-0.2, 0) is 4.74 Å². The van der Waals surface area contributed by atoms with Crippen LogP contribution in [0.3, 0.4) is 0 Å². The molecule has 1 rings (SSSR count). The molecule has 0 aromatic heterocycles. The number of nitrogens with zero attached hydrogens (tertiary/aromatic N) is 1. The van der Waals surface area contributed by atoms with Gasteiger partial charge in [0.1, 0.15) is 5.60 Å². The summed E-state index contributed by atoms with van der Waals surface area (Å²) in [7, 11) is 0. The Hall–Kier alpha value is 0.761. The molecule has 1 fully saturated rings. The minimum Gasteiger partial charge on any atom is -0.448 e. The van der Waals surface area contributed by atoms with E-state index in [0.29, 0.717) is 12.8 Å². The summed E-state index contributed by atoms with van der Waals surface area (Å²) in [5, 5.41) is 0. The van der Waals surface area contributed by atoms with Gasteiger partial charge in [0.05, 0.1) is 0 Å². The molecule has 0 aliphatic carbocycles. The normalized spacial score (nSPS) is 21.2. The fourth-order valence-corrected chi connectivity index (χ4v) is 1.90. The fraction of sp³-hybridized carbons (Fsp3) is 0.900. The van der Waals surface area contributed by atoms with E-state index in [1.807, 2.05) is 0 Å². The van der Waals surface area contributed by atoms with Crippen molar-refractivity contribution in [2.24, 2.45) is 0 Å². The van der Waals surface area contributed by atoms with E-state index in [4.69, 9.17) is 4.74 Å². The second kappa shape index (κ2) is 6.97. The third-order valence-electron chi connectivity index (χ3n) is 2.61. The first-order valence-corrected chi connectivity index (χ1v) is 5.81. The Kier molecular flexibility index (Phi) is 7.26. The first-order chi connectivity index (χ1) is 7.61. The number of rotatable bonds is 1. The zero-order valence-corrected chi connectivity index (χ0v) is 14.5. The molecular weight excluding hydrogens is 273 g/mol. The van der Waals surface area contributed by atoms with Gasteiger partial charge in [-0.15, -0.1) is 0 Å². The van der Waals surface area contributed by atoms with Crippen LogP contribution in [0.25, 0.3) is 0 Å². The van der Waals surface area contributed by atoms with E-state index in [-0.39, 0.29) is 64.4 Å². The Morgan fingerprint density at radius 2 is 1.83 bits per heavy atom. The Morgan fingerprint density at radius 1 is 1.28 bits per heavy atom. The van der Waals surface area contributed by atoms with Crippen LogP contribution in [0.2, 0.25) is 0 Å². The molecule has 1 amide bonds. The molecule has 100 valence electrons. The molecule has 1 atom stereocenters. The van der Waals surface area contributed by atoms with E-state index in [1.165, 1.54) is 0 Å². The topological polar surface area (TPSA) is 29.5 Å². The number of hydrogen-bond acceptors (Lipinski definition) is 2. The predicted octanol–water partition coefficient (Wildman–Crippen LogP) is 0.167. The SMILES string of the molecule is CC(C)(C)OC(=O)N1CCCCC1[B-](F)(F)F.[K+]. The number of hydrogen-bond donors (Lipinski definition) is 0. The molecule has 3 nitrogen and oxygen atoms in total. The maximum atomic E-state index is 12.8. The van der Waals surface area contributed by atoms with Crippen LogP contribution in [0.1, 0.15) is 40.0 Å². The average Bonchev–Trinajstić information content (AvgIpc) is 2.13. The first-order valence-electron chi connectivity index (χ1n) is 5.81. The number of halogens is 3. The Bertz CT molecular complexity index is 294. The van der Waals surface area contributed by atoms with Gasteiger partial charge >= 0.3 is 64.5 Å². The van der Waals surface area contributed by atoms with Crippen molar-refractivity contribution in [1.29, 1.82) is 0 Å². The molecule has 1 heterocycles. The van der Waals surface area contributed by atoms with Crippen molar-refractivity contribution in [2.45, 2.75) is 51.6 Å². The van der Waals surface area contributed by atoms with Crippen molar-refractivity contribution in [1.82, 2.24) is 4.90 Å². The van der Waals surface area contributed by atoms with Gasteiger partial charge in [0.15, 0.2) is 0 Å². The van der Waals surface area contributed by atoms with Gasteiger partial charge in [0.2, 0.25) is 0 Å². The summed E-state index contributed by atoms with van der Waals surface area (Å²) in [5.74, 6) is -1.64. The van der Waals surface area contributed by atoms with Gasteiger partial charge in [-0.1, -0.05) is 12.8 Å². The van der Waals surface area contributed by atoms with Gasteiger partial charge in [-0.2, -0.15) is 0 Å². The summed E-state index contributed by atoms with van der Waals surface area (Å²) in [4.78, 5) is 12.5. The van der Waals surface area contributed by atoms with Crippen LogP contribution in [-0.4, -0.2) is 36.1 Å². The minimum absolute atomic E-state index is 0. The third-order valence-corrected chi connectivity index (χ3v) is 2.61. The summed E-state index contributed by atoms with van der Waals surface area (Å²) in [6.07, 6.45) is 0.233. The number of piperidine rings is 1. The zero-order chi connectivity index (χ0) is 13.3. The molecule has 0 N–H and O–H groups in total. The van der Waals surface area contributed by atoms with Crippen LogP contribution >= 0.6 is 0 Å². The molecule has 0 bridgehead atoms. The third kappa shape index (κ3) is 5.81. The molecule has 1 unspecified atom stereocenters. The van der Waals surface area contributed by atoms with Crippen LogP contribution in [0.15, 0.2) is 0 Å². The van der Waals surface area contributed by atoms with Gasteiger partial charge in [0, 0.05) is 12.5 Å². The minimum atomic E-state index is -5.03. The van der Waals surface area contributed by atoms with Crippen LogP contribution in [0.5, 0.6) is 0 Å². The van der Waals surface area contributed by atoms with Crippen LogP contribution in [0, 0.1) is 0 Å². The molecule has 0 spiro atoms. The molecule has 0 aromatic rings. The first kappa shape index (κ1) is 18.8. The summed E-state index contributed by atoms with van der Waals surface area (Å²) < 4.78 is 43.4. The van der Waals surface area contributed by atoms with Crippen molar-refractivity contribution in [3.63, 3.8) is 0 Å². The van der Waals surface area contributed by atoms with Gasteiger partial charge in [-0.25, -0.2) is 4.79 Å². The number of carbonyl (C=O) groups excluding carboxylic acids is 1. The van der Waals surface area contributed by atoms with Crippen molar-refractivity contribution in [2.75, 3.05) is 6.54 Å². The maximum absolute atomic E-state index is 12.8. The number of ether oxygens (including phenoxy) is 1. The number of amides is 1. The zero-order valence-electron chi connectivity index (χ0n) is 11.4. The monoisotopic (exact) mass is 291 g/mol. The van der Waals surface area contributed by atoms with E-state index in [2.05, 4.69) is 0 Å². The molecule has 18 heavy (non-hydrogen) atoms. The second-order valence-corrected chi connectivity index (χ2v) is 5.36. The van der Waals surface area contributed by atoms with Gasteiger partial charge in [0.25, 0.3) is 0 Å². The summed E-state index contributed by atoms with van der Waals surface area (Å²) in [6, 6.07) is 0. The van der Waals surface area contributed by atoms with Crippen molar-refractivity contribution in [3.05, 3.63) is 0 Å². The summed E-state index contributed by atoms with van der Waals surface area (Å²) in [6.45, 7) is 0.0179. The molecule has 0 radical (unpaired) electrons. The quantitative estimate of drug-likeness (QED) is 0.644. The van der Waals surface area contributed by atoms with Crippen LogP contribution < -0.4 is 51.4 Å². The molecule has 1 saturated heterocycles. The molecule has 0 aromatic carbocycles. The Labute approximate surface area is 148 Å². The summed E-state index contributed by atoms with van der Waals surface area (Å²) >= 11 is 0. The van der Waals surface area contributed by atoms with Gasteiger partial charge < -0.3 is 22.6 Å². The van der Waals surface area contributed by atoms with Crippen LogP contribution in [0.4, 0.5) is 17.7 Å². The van der Waals surface area contributed by atoms with Crippen molar-refractivity contribution in [3.8, 4) is 0 Å². The Balaban J connectivity index is 0.00000289. The number of likely N-dealkylation sites (tertiary alicyclic amines) is 1. The molecular formula is C10H18BF3KNO2. The average molecular weight is 291 g/mol. The van der Waals surface area contributed by atoms with E-state index < -0.39 is 24.6 Å². The van der Waals surface area contributed by atoms with Crippen molar-refractivity contribution >= 4 is 13.1 Å². The van der Waals surface area contributed by atoms with E-state index in [1.54, 1.807) is 20.8 Å². The van der Waals surface area contributed by atoms with Gasteiger partial charge in [-0.3, -0.25) is 0 Å². The fourth-order valence-electron chi connectivity index (χ4n) is 1.90. The van der Waals surface area contributed by atoms with Gasteiger partial charge in [-0.05, 0) is 27.2 Å². The Morgan fingerprint density at radius 3 is 2.28 bits per heavy atom. The standard InChI is InChI=1S/C10H18BF3NO2.K/c1-10(2,3)17-9(16)15-7-5-4-6-8(15)11(12,13)14;/h8H,4-7H2,1-3H3;/q-1;+1. The maximum Gasteiger partial charge on any atom is 1.00 e. The number of carbonyl (C=O) groups is 1. The van der Waals surface area contributed by atoms with E-state index in [0.717, 1.165) is 4.90 Å². The smallest absolute Gasteiger partial charge is 0.448 e. The molecule has 1 aliphatic rings. The summed E-state index contributed by atoms with van der Waals surface area (Å²) in [5.41, 5.74) is -0.766.